The van der Waals surface area contributed by atoms with Gasteiger partial charge in [0.25, 0.3) is 0 Å². The number of hydrogen-bond acceptors (Lipinski definition) is 2. The van der Waals surface area contributed by atoms with Crippen LogP contribution >= 0.6 is 39.7 Å². The van der Waals surface area contributed by atoms with Crippen LogP contribution < -0.4 is 10.6 Å². The van der Waals surface area contributed by atoms with Crippen molar-refractivity contribution in [1.82, 2.24) is 10.3 Å². The first-order valence-corrected chi connectivity index (χ1v) is 7.62. The molecule has 0 aliphatic carbocycles. The lowest BCUT2D eigenvalue weighted by Gasteiger charge is -2.09. The Hall–Kier alpha value is -1.17. The van der Waals surface area contributed by atoms with Gasteiger partial charge in [0.1, 0.15) is 5.82 Å². The fourth-order valence-corrected chi connectivity index (χ4v) is 2.15. The summed E-state index contributed by atoms with van der Waals surface area (Å²) in [7, 11) is 0. The molecule has 1 aromatic carbocycles. The van der Waals surface area contributed by atoms with E-state index in [0.29, 0.717) is 5.11 Å². The predicted molar refractivity (Wildman–Crippen MR) is 91.3 cm³/mol. The molecule has 2 rings (SSSR count). The molecule has 0 spiro atoms. The van der Waals surface area contributed by atoms with Gasteiger partial charge in [-0.25, -0.2) is 4.98 Å². The number of anilines is 1. The molecule has 0 fully saturated rings. The zero-order valence-electron chi connectivity index (χ0n) is 10.6. The minimum Gasteiger partial charge on any atom is -0.362 e. The highest BCUT2D eigenvalue weighted by molar-refractivity contribution is 9.10. The molecule has 3 nitrogen and oxygen atoms in total. The molecule has 104 valence electrons. The lowest BCUT2D eigenvalue weighted by Crippen LogP contribution is -2.30. The Morgan fingerprint density at radius 3 is 2.60 bits per heavy atom. The Morgan fingerprint density at radius 2 is 1.95 bits per heavy atom. The third-order valence-electron chi connectivity index (χ3n) is 2.58. The van der Waals surface area contributed by atoms with Crippen LogP contribution in [0.2, 0.25) is 5.02 Å². The highest BCUT2D eigenvalue weighted by atomic mass is 79.9. The molecule has 2 N–H and O–H groups in total. The van der Waals surface area contributed by atoms with E-state index in [1.165, 1.54) is 5.56 Å². The number of nitrogens with zero attached hydrogens (tertiary/aromatic N) is 1. The molecular weight excluding hydrogens is 358 g/mol. The summed E-state index contributed by atoms with van der Waals surface area (Å²) in [6, 6.07) is 11.6. The van der Waals surface area contributed by atoms with Crippen molar-refractivity contribution >= 4 is 50.7 Å². The van der Waals surface area contributed by atoms with Crippen molar-refractivity contribution in [1.29, 1.82) is 0 Å². The summed E-state index contributed by atoms with van der Waals surface area (Å²) < 4.78 is 0.935. The van der Waals surface area contributed by atoms with Gasteiger partial charge in [0.15, 0.2) is 5.11 Å². The summed E-state index contributed by atoms with van der Waals surface area (Å²) in [6.45, 7) is 0.754. The van der Waals surface area contributed by atoms with Crippen LogP contribution in [0.15, 0.2) is 47.1 Å². The second-order valence-electron chi connectivity index (χ2n) is 4.12. The molecule has 0 aliphatic rings. The summed E-state index contributed by atoms with van der Waals surface area (Å²) in [5.41, 5.74) is 1.21. The van der Waals surface area contributed by atoms with E-state index in [0.717, 1.165) is 28.3 Å². The monoisotopic (exact) mass is 369 g/mol. The Balaban J connectivity index is 1.75. The summed E-state index contributed by atoms with van der Waals surface area (Å²) >= 11 is 14.4. The molecular formula is C14H13BrClN3S. The minimum atomic E-state index is 0.564. The van der Waals surface area contributed by atoms with Gasteiger partial charge < -0.3 is 10.6 Å². The Bertz CT molecular complexity index is 572. The molecule has 0 bridgehead atoms. The van der Waals surface area contributed by atoms with Gasteiger partial charge in [-0.3, -0.25) is 0 Å². The SMILES string of the molecule is S=C(NCCc1ccc(Cl)cc1)Nc1ccc(Br)cn1. The van der Waals surface area contributed by atoms with Crippen molar-refractivity contribution < 1.29 is 0 Å². The fraction of sp³-hybridized carbons (Fsp3) is 0.143. The van der Waals surface area contributed by atoms with E-state index in [9.17, 15) is 0 Å². The first-order valence-electron chi connectivity index (χ1n) is 6.04. The van der Waals surface area contributed by atoms with E-state index in [-0.39, 0.29) is 0 Å². The molecule has 0 unspecified atom stereocenters. The van der Waals surface area contributed by atoms with Crippen molar-refractivity contribution in [3.8, 4) is 0 Å². The average Bonchev–Trinajstić information content (AvgIpc) is 2.44. The summed E-state index contributed by atoms with van der Waals surface area (Å²) in [5, 5.41) is 7.49. The molecule has 0 saturated carbocycles. The second-order valence-corrected chi connectivity index (χ2v) is 5.88. The summed E-state index contributed by atoms with van der Waals surface area (Å²) in [6.07, 6.45) is 2.60. The summed E-state index contributed by atoms with van der Waals surface area (Å²) in [4.78, 5) is 4.19. The maximum atomic E-state index is 5.84. The van der Waals surface area contributed by atoms with Crippen molar-refractivity contribution in [3.63, 3.8) is 0 Å². The van der Waals surface area contributed by atoms with E-state index >= 15 is 0 Å². The first kappa shape index (κ1) is 15.2. The van der Waals surface area contributed by atoms with Gasteiger partial charge in [0.05, 0.1) is 0 Å². The molecule has 1 aromatic heterocycles. The minimum absolute atomic E-state index is 0.564. The number of benzene rings is 1. The van der Waals surface area contributed by atoms with E-state index < -0.39 is 0 Å². The van der Waals surface area contributed by atoms with Gasteiger partial charge in [0.2, 0.25) is 0 Å². The number of halogens is 2. The van der Waals surface area contributed by atoms with Crippen LogP contribution in [-0.4, -0.2) is 16.6 Å². The van der Waals surface area contributed by atoms with E-state index in [2.05, 4.69) is 31.5 Å². The van der Waals surface area contributed by atoms with Crippen LogP contribution in [-0.2, 0) is 6.42 Å². The standard InChI is InChI=1S/C14H13BrClN3S/c15-11-3-6-13(18-9-11)19-14(20)17-8-7-10-1-4-12(16)5-2-10/h1-6,9H,7-8H2,(H2,17,18,19,20). The van der Waals surface area contributed by atoms with Gasteiger partial charge in [-0.15, -0.1) is 0 Å². The number of thiocarbonyl (C=S) groups is 1. The van der Waals surface area contributed by atoms with Crippen LogP contribution in [0.25, 0.3) is 0 Å². The number of rotatable bonds is 4. The van der Waals surface area contributed by atoms with Crippen molar-refractivity contribution in [2.24, 2.45) is 0 Å². The Morgan fingerprint density at radius 1 is 1.20 bits per heavy atom. The Labute approximate surface area is 136 Å². The fourth-order valence-electron chi connectivity index (χ4n) is 1.58. The smallest absolute Gasteiger partial charge is 0.171 e. The number of nitrogens with one attached hydrogen (secondary N) is 2. The summed E-state index contributed by atoms with van der Waals surface area (Å²) in [5.74, 6) is 0.720. The van der Waals surface area contributed by atoms with Crippen LogP contribution in [0.4, 0.5) is 5.82 Å². The maximum Gasteiger partial charge on any atom is 0.171 e. The first-order chi connectivity index (χ1) is 9.63. The van der Waals surface area contributed by atoms with Crippen LogP contribution in [0.3, 0.4) is 0 Å². The average molecular weight is 371 g/mol. The van der Waals surface area contributed by atoms with Crippen LogP contribution in [0, 0.1) is 0 Å². The van der Waals surface area contributed by atoms with Crippen LogP contribution in [0.1, 0.15) is 5.56 Å². The van der Waals surface area contributed by atoms with Crippen molar-refractivity contribution in [2.45, 2.75) is 6.42 Å². The molecule has 0 atom stereocenters. The zero-order valence-corrected chi connectivity index (χ0v) is 13.7. The van der Waals surface area contributed by atoms with Gasteiger partial charge in [0, 0.05) is 22.2 Å². The molecule has 2 aromatic rings. The third-order valence-corrected chi connectivity index (χ3v) is 3.55. The van der Waals surface area contributed by atoms with Crippen molar-refractivity contribution in [2.75, 3.05) is 11.9 Å². The molecule has 1 heterocycles. The third kappa shape index (κ3) is 5.07. The normalized spacial score (nSPS) is 10.1. The highest BCUT2D eigenvalue weighted by Crippen LogP contribution is 2.11. The van der Waals surface area contributed by atoms with Gasteiger partial charge in [-0.2, -0.15) is 0 Å². The highest BCUT2D eigenvalue weighted by Gasteiger charge is 1.99. The molecule has 0 saturated heterocycles. The molecule has 20 heavy (non-hydrogen) atoms. The lowest BCUT2D eigenvalue weighted by molar-refractivity contribution is 0.873. The van der Waals surface area contributed by atoms with Crippen molar-refractivity contribution in [3.05, 3.63) is 57.7 Å². The topological polar surface area (TPSA) is 37.0 Å². The number of hydrogen-bond donors (Lipinski definition) is 2. The van der Waals surface area contributed by atoms with Gasteiger partial charge >= 0.3 is 0 Å². The Kier molecular flexibility index (Phi) is 5.76. The van der Waals surface area contributed by atoms with E-state index in [4.69, 9.17) is 23.8 Å². The van der Waals surface area contributed by atoms with Gasteiger partial charge in [-0.05, 0) is 64.4 Å². The predicted octanol–water partition coefficient (Wildman–Crippen LogP) is 4.03. The molecule has 6 heteroatoms. The molecule has 0 aliphatic heterocycles. The number of pyridine rings is 1. The van der Waals surface area contributed by atoms with Gasteiger partial charge in [-0.1, -0.05) is 23.7 Å². The second kappa shape index (κ2) is 7.57. The molecule has 0 amide bonds. The quantitative estimate of drug-likeness (QED) is 0.797. The largest absolute Gasteiger partial charge is 0.362 e. The number of aromatic nitrogens is 1. The maximum absolute atomic E-state index is 5.84. The molecule has 0 radical (unpaired) electrons. The van der Waals surface area contributed by atoms with E-state index in [1.54, 1.807) is 6.20 Å². The van der Waals surface area contributed by atoms with E-state index in [1.807, 2.05) is 36.4 Å². The van der Waals surface area contributed by atoms with Crippen LogP contribution in [0.5, 0.6) is 0 Å². The zero-order chi connectivity index (χ0) is 14.4. The lowest BCUT2D eigenvalue weighted by atomic mass is 10.1.